The van der Waals surface area contributed by atoms with Crippen LogP contribution in [0.2, 0.25) is 0 Å². The quantitative estimate of drug-likeness (QED) is 0.724. The molecule has 0 unspecified atom stereocenters. The Balaban J connectivity index is 1.60. The van der Waals surface area contributed by atoms with Crippen molar-refractivity contribution >= 4 is 11.6 Å². The van der Waals surface area contributed by atoms with Crippen LogP contribution in [0.5, 0.6) is 0 Å². The van der Waals surface area contributed by atoms with E-state index < -0.39 is 23.4 Å². The van der Waals surface area contributed by atoms with Crippen molar-refractivity contribution in [1.82, 2.24) is 0 Å². The molecule has 1 spiro atoms. The standard InChI is InChI=1S/C22H28O5/c1-12-8-16-15-5-4-13-9-14(24)6-7-19(13,2)22(15)18(27-22)10-20(16,3)21(12,26)17(25)11-23/h6-7,9,12,15-16,18,23,26H,4-5,8,10-11H2,1-3H3/t12-,15-,16-,18+,19+,20+,21+,22-/m1/s1. The first-order chi connectivity index (χ1) is 12.6. The number of aliphatic hydroxyl groups excluding tert-OH is 1. The van der Waals surface area contributed by atoms with Gasteiger partial charge in [0.05, 0.1) is 6.10 Å². The van der Waals surface area contributed by atoms with Crippen molar-refractivity contribution in [2.45, 2.75) is 63.8 Å². The predicted octanol–water partition coefficient (Wildman–Crippen LogP) is 1.96. The maximum atomic E-state index is 12.6. The van der Waals surface area contributed by atoms with Crippen LogP contribution in [0.4, 0.5) is 0 Å². The van der Waals surface area contributed by atoms with Crippen LogP contribution in [0.15, 0.2) is 23.8 Å². The fourth-order valence-electron chi connectivity index (χ4n) is 7.70. The second-order valence-corrected chi connectivity index (χ2v) is 9.86. The average Bonchev–Trinajstić information content (AvgIpc) is 3.31. The molecule has 4 aliphatic carbocycles. The number of hydrogen-bond acceptors (Lipinski definition) is 5. The van der Waals surface area contributed by atoms with Crippen LogP contribution in [0.3, 0.4) is 0 Å². The number of Topliss-reactive ketones (excluding diaryl/α,β-unsaturated/α-hetero) is 1. The fraction of sp³-hybridized carbons (Fsp3) is 0.727. The summed E-state index contributed by atoms with van der Waals surface area (Å²) in [5.41, 5.74) is -1.55. The number of carbonyl (C=O) groups is 2. The Kier molecular flexibility index (Phi) is 3.29. The molecule has 0 aromatic rings. The molecule has 0 radical (unpaired) electrons. The van der Waals surface area contributed by atoms with Crippen molar-refractivity contribution in [3.05, 3.63) is 23.8 Å². The van der Waals surface area contributed by atoms with E-state index in [9.17, 15) is 19.8 Å². The summed E-state index contributed by atoms with van der Waals surface area (Å²) >= 11 is 0. The smallest absolute Gasteiger partial charge is 0.190 e. The summed E-state index contributed by atoms with van der Waals surface area (Å²) in [4.78, 5) is 24.5. The van der Waals surface area contributed by atoms with Gasteiger partial charge in [0.25, 0.3) is 0 Å². The molecular weight excluding hydrogens is 344 g/mol. The first kappa shape index (κ1) is 17.8. The van der Waals surface area contributed by atoms with Crippen molar-refractivity contribution in [2.24, 2.45) is 28.6 Å². The second-order valence-electron chi connectivity index (χ2n) is 9.86. The molecule has 0 aromatic carbocycles. The van der Waals surface area contributed by atoms with Crippen LogP contribution in [0, 0.1) is 28.6 Å². The maximum absolute atomic E-state index is 12.6. The zero-order valence-electron chi connectivity index (χ0n) is 16.2. The van der Waals surface area contributed by atoms with Crippen molar-refractivity contribution in [1.29, 1.82) is 0 Å². The molecule has 0 bridgehead atoms. The van der Waals surface area contributed by atoms with Gasteiger partial charge in [-0.25, -0.2) is 0 Å². The van der Waals surface area contributed by atoms with Gasteiger partial charge in [-0.1, -0.05) is 25.5 Å². The number of ether oxygens (including phenoxy) is 1. The van der Waals surface area contributed by atoms with Crippen LogP contribution in [0.1, 0.15) is 46.5 Å². The highest BCUT2D eigenvalue weighted by Crippen LogP contribution is 2.76. The molecule has 8 atom stereocenters. The van der Waals surface area contributed by atoms with E-state index in [2.05, 4.69) is 6.92 Å². The molecule has 5 heteroatoms. The number of aliphatic hydroxyl groups is 2. The number of rotatable bonds is 2. The minimum Gasteiger partial charge on any atom is -0.388 e. The monoisotopic (exact) mass is 372 g/mol. The van der Waals surface area contributed by atoms with Crippen molar-refractivity contribution in [2.75, 3.05) is 6.61 Å². The zero-order valence-corrected chi connectivity index (χ0v) is 16.2. The molecule has 5 aliphatic rings. The van der Waals surface area contributed by atoms with Gasteiger partial charge in [0.2, 0.25) is 0 Å². The molecule has 5 rings (SSSR count). The predicted molar refractivity (Wildman–Crippen MR) is 97.7 cm³/mol. The molecule has 2 N–H and O–H groups in total. The summed E-state index contributed by atoms with van der Waals surface area (Å²) < 4.78 is 6.43. The van der Waals surface area contributed by atoms with Gasteiger partial charge in [0.1, 0.15) is 17.8 Å². The molecule has 3 saturated carbocycles. The SMILES string of the molecule is C[C@@H]1C[C@@H]2[C@H]3CCC4=CC(=O)C=C[C@]4(C)[C@@]34O[C@H]4C[C@]2(C)[C@@]1(O)C(=O)CO. The number of ketones is 2. The lowest BCUT2D eigenvalue weighted by Gasteiger charge is -2.55. The van der Waals surface area contributed by atoms with E-state index in [4.69, 9.17) is 4.74 Å². The average molecular weight is 372 g/mol. The Labute approximate surface area is 159 Å². The summed E-state index contributed by atoms with van der Waals surface area (Å²) in [7, 11) is 0. The molecule has 1 saturated heterocycles. The van der Waals surface area contributed by atoms with Gasteiger partial charge in [0, 0.05) is 10.8 Å². The molecule has 1 aliphatic heterocycles. The Morgan fingerprint density at radius 1 is 1.33 bits per heavy atom. The number of carbonyl (C=O) groups excluding carboxylic acids is 2. The highest BCUT2D eigenvalue weighted by Gasteiger charge is 2.81. The topological polar surface area (TPSA) is 87.1 Å². The Hall–Kier alpha value is -1.30. The van der Waals surface area contributed by atoms with Gasteiger partial charge >= 0.3 is 0 Å². The molecule has 0 aromatic heterocycles. The highest BCUT2D eigenvalue weighted by molar-refractivity contribution is 6.01. The maximum Gasteiger partial charge on any atom is 0.190 e. The van der Waals surface area contributed by atoms with E-state index in [1.807, 2.05) is 19.9 Å². The third kappa shape index (κ3) is 1.73. The summed E-state index contributed by atoms with van der Waals surface area (Å²) in [6.45, 7) is 5.51. The zero-order chi connectivity index (χ0) is 19.4. The summed E-state index contributed by atoms with van der Waals surface area (Å²) in [6.07, 6.45) is 8.58. The lowest BCUT2D eigenvalue weighted by molar-refractivity contribution is -0.165. The number of hydrogen-bond donors (Lipinski definition) is 2. The largest absolute Gasteiger partial charge is 0.388 e. The van der Waals surface area contributed by atoms with Crippen LogP contribution < -0.4 is 0 Å². The van der Waals surface area contributed by atoms with E-state index in [1.165, 1.54) is 0 Å². The third-order valence-corrected chi connectivity index (χ3v) is 9.08. The van der Waals surface area contributed by atoms with Crippen LogP contribution in [-0.2, 0) is 14.3 Å². The van der Waals surface area contributed by atoms with E-state index in [-0.39, 0.29) is 40.7 Å². The molecule has 5 nitrogen and oxygen atoms in total. The Morgan fingerprint density at radius 3 is 2.78 bits per heavy atom. The normalized spacial score (nSPS) is 55.1. The molecule has 1 heterocycles. The molecule has 0 amide bonds. The summed E-state index contributed by atoms with van der Waals surface area (Å²) in [5.74, 6) is -0.193. The van der Waals surface area contributed by atoms with Gasteiger partial charge < -0.3 is 14.9 Å². The minimum atomic E-state index is -1.50. The molecule has 146 valence electrons. The first-order valence-electron chi connectivity index (χ1n) is 10.1. The second kappa shape index (κ2) is 5.00. The van der Waals surface area contributed by atoms with Crippen LogP contribution >= 0.6 is 0 Å². The number of fused-ring (bicyclic) bond motifs is 3. The van der Waals surface area contributed by atoms with E-state index >= 15 is 0 Å². The lowest BCUT2D eigenvalue weighted by Crippen LogP contribution is -2.62. The fourth-order valence-corrected chi connectivity index (χ4v) is 7.70. The minimum absolute atomic E-state index is 0.0291. The first-order valence-corrected chi connectivity index (χ1v) is 10.1. The van der Waals surface area contributed by atoms with Crippen LogP contribution in [-0.4, -0.2) is 45.7 Å². The Bertz CT molecular complexity index is 814. The highest BCUT2D eigenvalue weighted by atomic mass is 16.6. The number of epoxide rings is 1. The van der Waals surface area contributed by atoms with Crippen molar-refractivity contribution in [3.8, 4) is 0 Å². The van der Waals surface area contributed by atoms with Crippen molar-refractivity contribution in [3.63, 3.8) is 0 Å². The van der Waals surface area contributed by atoms with Gasteiger partial charge in [-0.15, -0.1) is 0 Å². The molecule has 27 heavy (non-hydrogen) atoms. The van der Waals surface area contributed by atoms with Crippen molar-refractivity contribution < 1.29 is 24.5 Å². The van der Waals surface area contributed by atoms with Gasteiger partial charge in [-0.05, 0) is 62.5 Å². The third-order valence-electron chi connectivity index (χ3n) is 9.08. The molecular formula is C22H28O5. The van der Waals surface area contributed by atoms with E-state index in [1.54, 1.807) is 12.2 Å². The summed E-state index contributed by atoms with van der Waals surface area (Å²) in [6, 6.07) is 0. The van der Waals surface area contributed by atoms with Gasteiger partial charge in [-0.2, -0.15) is 0 Å². The Morgan fingerprint density at radius 2 is 2.07 bits per heavy atom. The lowest BCUT2D eigenvalue weighted by atomic mass is 9.46. The van der Waals surface area contributed by atoms with Gasteiger partial charge in [-0.3, -0.25) is 9.59 Å². The molecule has 4 fully saturated rings. The van der Waals surface area contributed by atoms with E-state index in [0.29, 0.717) is 6.42 Å². The van der Waals surface area contributed by atoms with Gasteiger partial charge in [0.15, 0.2) is 11.6 Å². The van der Waals surface area contributed by atoms with E-state index in [0.717, 1.165) is 24.8 Å². The van der Waals surface area contributed by atoms with Crippen LogP contribution in [0.25, 0.3) is 0 Å². The number of allylic oxidation sites excluding steroid dienone is 2. The summed E-state index contributed by atoms with van der Waals surface area (Å²) in [5, 5.41) is 21.0.